The van der Waals surface area contributed by atoms with Crippen molar-refractivity contribution in [1.82, 2.24) is 4.72 Å². The molecule has 19 heavy (non-hydrogen) atoms. The van der Waals surface area contributed by atoms with E-state index in [9.17, 15) is 12.8 Å². The average Bonchev–Trinajstić information content (AvgIpc) is 2.33. The topological polar surface area (TPSA) is 81.4 Å². The summed E-state index contributed by atoms with van der Waals surface area (Å²) in [6, 6.07) is 2.25. The van der Waals surface area contributed by atoms with E-state index in [-0.39, 0.29) is 17.1 Å². The second-order valence-electron chi connectivity index (χ2n) is 4.09. The lowest BCUT2D eigenvalue weighted by molar-refractivity contribution is 0.146. The number of nitrogen functional groups attached to an aromatic ring is 1. The van der Waals surface area contributed by atoms with E-state index in [1.807, 2.05) is 6.92 Å². The van der Waals surface area contributed by atoms with Gasteiger partial charge in [0.2, 0.25) is 10.0 Å². The van der Waals surface area contributed by atoms with Crippen LogP contribution in [-0.4, -0.2) is 28.2 Å². The molecule has 7 heteroatoms. The molecule has 0 aliphatic carbocycles. The smallest absolute Gasteiger partial charge is 0.240 e. The molecule has 0 aliphatic rings. The van der Waals surface area contributed by atoms with Gasteiger partial charge in [-0.1, -0.05) is 0 Å². The van der Waals surface area contributed by atoms with Crippen LogP contribution < -0.4 is 10.5 Å². The summed E-state index contributed by atoms with van der Waals surface area (Å²) in [5.74, 6) is -0.618. The van der Waals surface area contributed by atoms with Crippen LogP contribution in [0.3, 0.4) is 0 Å². The van der Waals surface area contributed by atoms with Crippen molar-refractivity contribution >= 4 is 15.7 Å². The lowest BCUT2D eigenvalue weighted by Crippen LogP contribution is -2.26. The fraction of sp³-hybridized carbons (Fsp3) is 0.500. The molecule has 0 saturated heterocycles. The van der Waals surface area contributed by atoms with Crippen LogP contribution >= 0.6 is 0 Å². The quantitative estimate of drug-likeness (QED) is 0.588. The molecule has 0 amide bonds. The third-order valence-corrected chi connectivity index (χ3v) is 4.15. The molecule has 5 nitrogen and oxygen atoms in total. The number of benzene rings is 1. The van der Waals surface area contributed by atoms with Crippen molar-refractivity contribution in [1.29, 1.82) is 0 Å². The van der Waals surface area contributed by atoms with E-state index in [0.29, 0.717) is 25.2 Å². The van der Waals surface area contributed by atoms with Gasteiger partial charge in [-0.25, -0.2) is 17.5 Å². The molecule has 0 aliphatic heterocycles. The fourth-order valence-corrected chi connectivity index (χ4v) is 2.89. The summed E-state index contributed by atoms with van der Waals surface area (Å²) in [7, 11) is -3.67. The van der Waals surface area contributed by atoms with Gasteiger partial charge in [-0.3, -0.25) is 0 Å². The van der Waals surface area contributed by atoms with Gasteiger partial charge in [0.15, 0.2) is 0 Å². The predicted molar refractivity (Wildman–Crippen MR) is 71.8 cm³/mol. The maximum atomic E-state index is 13.2. The van der Waals surface area contributed by atoms with Crippen LogP contribution in [0.2, 0.25) is 0 Å². The minimum atomic E-state index is -3.67. The summed E-state index contributed by atoms with van der Waals surface area (Å²) < 4.78 is 44.8. The first kappa shape index (κ1) is 15.9. The van der Waals surface area contributed by atoms with E-state index in [2.05, 4.69) is 4.72 Å². The van der Waals surface area contributed by atoms with Crippen LogP contribution in [0.15, 0.2) is 17.0 Å². The molecule has 0 atom stereocenters. The third-order valence-electron chi connectivity index (χ3n) is 2.55. The highest BCUT2D eigenvalue weighted by atomic mass is 32.2. The Balaban J connectivity index is 2.75. The van der Waals surface area contributed by atoms with Gasteiger partial charge >= 0.3 is 0 Å². The molecule has 1 rings (SSSR count). The van der Waals surface area contributed by atoms with E-state index in [4.69, 9.17) is 10.5 Å². The minimum absolute atomic E-state index is 0.00260. The summed E-state index contributed by atoms with van der Waals surface area (Å²) >= 11 is 0. The van der Waals surface area contributed by atoms with Crippen molar-refractivity contribution in [3.63, 3.8) is 0 Å². The van der Waals surface area contributed by atoms with Gasteiger partial charge in [-0.15, -0.1) is 0 Å². The predicted octanol–water partition coefficient (Wildman–Crippen LogP) is 1.42. The maximum Gasteiger partial charge on any atom is 0.240 e. The summed E-state index contributed by atoms with van der Waals surface area (Å²) in [6.45, 7) is 4.75. The van der Waals surface area contributed by atoms with E-state index in [1.165, 1.54) is 6.92 Å². The Bertz CT molecular complexity index is 532. The summed E-state index contributed by atoms with van der Waals surface area (Å²) in [5.41, 5.74) is 5.54. The van der Waals surface area contributed by atoms with Crippen LogP contribution in [-0.2, 0) is 14.8 Å². The molecule has 1 aromatic rings. The number of hydrogen-bond donors (Lipinski definition) is 2. The van der Waals surface area contributed by atoms with E-state index in [0.717, 1.165) is 12.1 Å². The van der Waals surface area contributed by atoms with Crippen LogP contribution in [0, 0.1) is 12.7 Å². The van der Waals surface area contributed by atoms with E-state index in [1.54, 1.807) is 0 Å². The van der Waals surface area contributed by atoms with Crippen molar-refractivity contribution in [2.75, 3.05) is 25.5 Å². The zero-order valence-corrected chi connectivity index (χ0v) is 11.9. The Labute approximate surface area is 113 Å². The Morgan fingerprint density at radius 2 is 2.11 bits per heavy atom. The molecule has 0 unspecified atom stereocenters. The van der Waals surface area contributed by atoms with Crippen LogP contribution in [0.4, 0.5) is 10.1 Å². The molecule has 0 saturated carbocycles. The van der Waals surface area contributed by atoms with Gasteiger partial charge in [-0.2, -0.15) is 0 Å². The highest BCUT2D eigenvalue weighted by Crippen LogP contribution is 2.21. The van der Waals surface area contributed by atoms with Gasteiger partial charge in [0.25, 0.3) is 0 Å². The van der Waals surface area contributed by atoms with Gasteiger partial charge in [0.05, 0.1) is 10.6 Å². The normalized spacial score (nSPS) is 11.7. The highest BCUT2D eigenvalue weighted by Gasteiger charge is 2.18. The molecule has 1 aromatic carbocycles. The van der Waals surface area contributed by atoms with Crippen molar-refractivity contribution in [3.05, 3.63) is 23.5 Å². The molecule has 0 aromatic heterocycles. The van der Waals surface area contributed by atoms with Crippen LogP contribution in [0.25, 0.3) is 0 Å². The molecular weight excluding hydrogens is 271 g/mol. The summed E-state index contributed by atoms with van der Waals surface area (Å²) in [4.78, 5) is 0.00260. The summed E-state index contributed by atoms with van der Waals surface area (Å²) in [5, 5.41) is 0. The van der Waals surface area contributed by atoms with Gasteiger partial charge in [0.1, 0.15) is 5.82 Å². The first-order chi connectivity index (χ1) is 8.88. The number of rotatable bonds is 7. The number of aryl methyl sites for hydroxylation is 1. The average molecular weight is 290 g/mol. The molecule has 0 spiro atoms. The van der Waals surface area contributed by atoms with Crippen molar-refractivity contribution in [2.45, 2.75) is 25.2 Å². The highest BCUT2D eigenvalue weighted by molar-refractivity contribution is 7.89. The fourth-order valence-electron chi connectivity index (χ4n) is 1.56. The molecule has 0 fully saturated rings. The molecule has 0 bridgehead atoms. The Hall–Kier alpha value is -1.18. The standard InChI is InChI=1S/C12H19FN2O3S/c1-3-18-6-4-5-15-19(16,17)12-8-11(14)10(13)7-9(12)2/h7-8,15H,3-6,14H2,1-2H3. The number of hydrogen-bond acceptors (Lipinski definition) is 4. The number of halogens is 1. The maximum absolute atomic E-state index is 13.2. The van der Waals surface area contributed by atoms with Crippen molar-refractivity contribution < 1.29 is 17.5 Å². The van der Waals surface area contributed by atoms with E-state index >= 15 is 0 Å². The largest absolute Gasteiger partial charge is 0.396 e. The number of nitrogens with one attached hydrogen (secondary N) is 1. The number of ether oxygens (including phenoxy) is 1. The summed E-state index contributed by atoms with van der Waals surface area (Å²) in [6.07, 6.45) is 0.572. The number of nitrogens with two attached hydrogens (primary N) is 1. The molecular formula is C12H19FN2O3S. The van der Waals surface area contributed by atoms with Crippen molar-refractivity contribution in [2.24, 2.45) is 0 Å². The number of sulfonamides is 1. The Morgan fingerprint density at radius 3 is 2.74 bits per heavy atom. The Morgan fingerprint density at radius 1 is 1.42 bits per heavy atom. The van der Waals surface area contributed by atoms with E-state index < -0.39 is 15.8 Å². The second kappa shape index (κ2) is 6.83. The van der Waals surface area contributed by atoms with Gasteiger partial charge in [-0.05, 0) is 38.0 Å². The molecule has 0 radical (unpaired) electrons. The number of anilines is 1. The van der Waals surface area contributed by atoms with Gasteiger partial charge < -0.3 is 10.5 Å². The van der Waals surface area contributed by atoms with Crippen LogP contribution in [0.5, 0.6) is 0 Å². The monoisotopic (exact) mass is 290 g/mol. The van der Waals surface area contributed by atoms with Gasteiger partial charge in [0, 0.05) is 19.8 Å². The molecule has 108 valence electrons. The lowest BCUT2D eigenvalue weighted by Gasteiger charge is -2.10. The zero-order chi connectivity index (χ0) is 14.5. The third kappa shape index (κ3) is 4.45. The molecule has 0 heterocycles. The van der Waals surface area contributed by atoms with Crippen LogP contribution in [0.1, 0.15) is 18.9 Å². The zero-order valence-electron chi connectivity index (χ0n) is 11.1. The SMILES string of the molecule is CCOCCCNS(=O)(=O)c1cc(N)c(F)cc1C. The lowest BCUT2D eigenvalue weighted by atomic mass is 10.2. The second-order valence-corrected chi connectivity index (χ2v) is 5.82. The van der Waals surface area contributed by atoms with Crippen molar-refractivity contribution in [3.8, 4) is 0 Å². The molecule has 3 N–H and O–H groups in total. The minimum Gasteiger partial charge on any atom is -0.396 e. The first-order valence-electron chi connectivity index (χ1n) is 6.01. The first-order valence-corrected chi connectivity index (χ1v) is 7.50. The Kier molecular flexibility index (Phi) is 5.71.